The van der Waals surface area contributed by atoms with Crippen LogP contribution in [-0.2, 0) is 4.79 Å². The molecule has 0 saturated carbocycles. The Morgan fingerprint density at radius 1 is 1.54 bits per heavy atom. The van der Waals surface area contributed by atoms with Crippen molar-refractivity contribution in [1.82, 2.24) is 0 Å². The predicted octanol–water partition coefficient (Wildman–Crippen LogP) is 1.84. The Bertz CT molecular complexity index is 360. The van der Waals surface area contributed by atoms with Gasteiger partial charge in [0, 0.05) is 5.69 Å². The first kappa shape index (κ1) is 8.10. The molecule has 0 unspecified atom stereocenters. The van der Waals surface area contributed by atoms with Crippen molar-refractivity contribution in [3.05, 3.63) is 23.8 Å². The van der Waals surface area contributed by atoms with Crippen LogP contribution < -0.4 is 5.32 Å². The van der Waals surface area contributed by atoms with Gasteiger partial charge in [-0.25, -0.2) is 0 Å². The maximum absolute atomic E-state index is 11.4. The number of benzene rings is 1. The van der Waals surface area contributed by atoms with E-state index in [1.54, 1.807) is 18.2 Å². The third-order valence-corrected chi connectivity index (χ3v) is 2.39. The number of aromatic hydroxyl groups is 1. The highest BCUT2D eigenvalue weighted by molar-refractivity contribution is 6.02. The second-order valence-electron chi connectivity index (χ2n) is 3.22. The molecule has 0 aliphatic carbocycles. The molecule has 2 rings (SSSR count). The fourth-order valence-corrected chi connectivity index (χ4v) is 1.72. The molecular weight excluding hydrogens is 166 g/mol. The molecule has 1 amide bonds. The van der Waals surface area contributed by atoms with Gasteiger partial charge in [0.1, 0.15) is 5.75 Å². The number of fused-ring (bicyclic) bond motifs is 1. The minimum absolute atomic E-state index is 0.0306. The predicted molar refractivity (Wildman–Crippen MR) is 49.8 cm³/mol. The van der Waals surface area contributed by atoms with Crippen LogP contribution in [0.2, 0.25) is 0 Å². The van der Waals surface area contributed by atoms with Gasteiger partial charge in [-0.05, 0) is 30.2 Å². The van der Waals surface area contributed by atoms with E-state index in [9.17, 15) is 9.90 Å². The zero-order chi connectivity index (χ0) is 9.42. The number of phenolic OH excluding ortho intramolecular Hbond substituents is 1. The summed E-state index contributed by atoms with van der Waals surface area (Å²) in [6, 6.07) is 4.97. The molecule has 0 spiro atoms. The first-order chi connectivity index (χ1) is 6.22. The van der Waals surface area contributed by atoms with Crippen molar-refractivity contribution in [2.75, 3.05) is 5.32 Å². The third kappa shape index (κ3) is 1.16. The van der Waals surface area contributed by atoms with Gasteiger partial charge in [0.15, 0.2) is 0 Å². The fraction of sp³-hybridized carbons (Fsp3) is 0.300. The van der Waals surface area contributed by atoms with Crippen LogP contribution in [-0.4, -0.2) is 11.0 Å². The number of carbonyl (C=O) groups is 1. The van der Waals surface area contributed by atoms with Crippen molar-refractivity contribution in [2.24, 2.45) is 0 Å². The summed E-state index contributed by atoms with van der Waals surface area (Å²) in [5.41, 5.74) is 1.74. The van der Waals surface area contributed by atoms with Gasteiger partial charge in [0.2, 0.25) is 5.91 Å². The van der Waals surface area contributed by atoms with Gasteiger partial charge in [-0.1, -0.05) is 6.92 Å². The number of hydrogen-bond donors (Lipinski definition) is 2. The molecule has 1 aromatic rings. The van der Waals surface area contributed by atoms with E-state index in [1.165, 1.54) is 0 Å². The summed E-state index contributed by atoms with van der Waals surface area (Å²) < 4.78 is 0. The Kier molecular flexibility index (Phi) is 1.72. The van der Waals surface area contributed by atoms with Crippen LogP contribution in [0.1, 0.15) is 24.8 Å². The highest BCUT2D eigenvalue weighted by Crippen LogP contribution is 2.36. The Hall–Kier alpha value is -1.51. The van der Waals surface area contributed by atoms with Crippen LogP contribution in [0.3, 0.4) is 0 Å². The third-order valence-electron chi connectivity index (χ3n) is 2.39. The summed E-state index contributed by atoms with van der Waals surface area (Å²) in [5, 5.41) is 12.0. The van der Waals surface area contributed by atoms with E-state index >= 15 is 0 Å². The Morgan fingerprint density at radius 2 is 2.31 bits per heavy atom. The average Bonchev–Trinajstić information content (AvgIpc) is 2.40. The van der Waals surface area contributed by atoms with E-state index in [0.29, 0.717) is 0 Å². The molecule has 0 aromatic heterocycles. The molecule has 0 fully saturated rings. The van der Waals surface area contributed by atoms with Gasteiger partial charge in [-0.3, -0.25) is 4.79 Å². The summed E-state index contributed by atoms with van der Waals surface area (Å²) in [6.07, 6.45) is 0.766. The summed E-state index contributed by atoms with van der Waals surface area (Å²) in [6.45, 7) is 1.96. The van der Waals surface area contributed by atoms with Gasteiger partial charge in [-0.2, -0.15) is 0 Å². The Morgan fingerprint density at radius 3 is 3.00 bits per heavy atom. The molecule has 1 aromatic carbocycles. The number of anilines is 1. The number of rotatable bonds is 1. The number of carbonyl (C=O) groups excluding carboxylic acids is 1. The van der Waals surface area contributed by atoms with Gasteiger partial charge < -0.3 is 10.4 Å². The zero-order valence-electron chi connectivity index (χ0n) is 7.37. The first-order valence-corrected chi connectivity index (χ1v) is 4.36. The lowest BCUT2D eigenvalue weighted by Crippen LogP contribution is -2.10. The number of amides is 1. The van der Waals surface area contributed by atoms with Crippen LogP contribution >= 0.6 is 0 Å². The molecule has 1 aliphatic rings. The molecular formula is C10H11NO2. The standard InChI is InChI=1S/C10H11NO2/c1-2-7-8-5-6(12)3-4-9(8)11-10(7)13/h3-5,7,12H,2H2,1H3,(H,11,13)/t7-/m0/s1. The van der Waals surface area contributed by atoms with Crippen molar-refractivity contribution in [1.29, 1.82) is 0 Å². The molecule has 3 heteroatoms. The summed E-state index contributed by atoms with van der Waals surface area (Å²) in [4.78, 5) is 11.4. The summed E-state index contributed by atoms with van der Waals surface area (Å²) in [7, 11) is 0. The lowest BCUT2D eigenvalue weighted by atomic mass is 9.98. The monoisotopic (exact) mass is 177 g/mol. The maximum atomic E-state index is 11.4. The van der Waals surface area contributed by atoms with E-state index < -0.39 is 0 Å². The quantitative estimate of drug-likeness (QED) is 0.643. The Balaban J connectivity index is 2.50. The SMILES string of the molecule is CC[C@@H]1C(=O)Nc2ccc(O)cc21. The molecule has 2 N–H and O–H groups in total. The summed E-state index contributed by atoms with van der Waals surface area (Å²) >= 11 is 0. The fourth-order valence-electron chi connectivity index (χ4n) is 1.72. The highest BCUT2D eigenvalue weighted by Gasteiger charge is 2.28. The van der Waals surface area contributed by atoms with Crippen LogP contribution in [0, 0.1) is 0 Å². The number of phenols is 1. The largest absolute Gasteiger partial charge is 0.508 e. The molecule has 68 valence electrons. The average molecular weight is 177 g/mol. The molecule has 3 nitrogen and oxygen atoms in total. The van der Waals surface area contributed by atoms with Crippen LogP contribution in [0.15, 0.2) is 18.2 Å². The number of nitrogens with one attached hydrogen (secondary N) is 1. The molecule has 0 saturated heterocycles. The smallest absolute Gasteiger partial charge is 0.231 e. The van der Waals surface area contributed by atoms with E-state index in [1.807, 2.05) is 6.92 Å². The van der Waals surface area contributed by atoms with Gasteiger partial charge >= 0.3 is 0 Å². The summed E-state index contributed by atoms with van der Waals surface area (Å²) in [5.74, 6) is 0.152. The molecule has 1 atom stereocenters. The molecule has 0 bridgehead atoms. The van der Waals surface area contributed by atoms with Crippen molar-refractivity contribution in [3.8, 4) is 5.75 Å². The topological polar surface area (TPSA) is 49.3 Å². The molecule has 13 heavy (non-hydrogen) atoms. The lowest BCUT2D eigenvalue weighted by Gasteiger charge is -2.03. The van der Waals surface area contributed by atoms with E-state index in [4.69, 9.17) is 0 Å². The normalized spacial score (nSPS) is 19.8. The van der Waals surface area contributed by atoms with Crippen molar-refractivity contribution in [3.63, 3.8) is 0 Å². The van der Waals surface area contributed by atoms with Crippen molar-refractivity contribution >= 4 is 11.6 Å². The van der Waals surface area contributed by atoms with Crippen molar-refractivity contribution in [2.45, 2.75) is 19.3 Å². The second-order valence-corrected chi connectivity index (χ2v) is 3.22. The number of hydrogen-bond acceptors (Lipinski definition) is 2. The van der Waals surface area contributed by atoms with Crippen LogP contribution in [0.5, 0.6) is 5.75 Å². The van der Waals surface area contributed by atoms with Gasteiger partial charge in [0.05, 0.1) is 5.92 Å². The second kappa shape index (κ2) is 2.76. The first-order valence-electron chi connectivity index (χ1n) is 4.36. The van der Waals surface area contributed by atoms with Gasteiger partial charge in [0.25, 0.3) is 0 Å². The Labute approximate surface area is 76.4 Å². The van der Waals surface area contributed by atoms with Crippen molar-refractivity contribution < 1.29 is 9.90 Å². The maximum Gasteiger partial charge on any atom is 0.231 e. The minimum atomic E-state index is -0.0953. The van der Waals surface area contributed by atoms with Gasteiger partial charge in [-0.15, -0.1) is 0 Å². The minimum Gasteiger partial charge on any atom is -0.508 e. The van der Waals surface area contributed by atoms with E-state index in [2.05, 4.69) is 5.32 Å². The van der Waals surface area contributed by atoms with Crippen LogP contribution in [0.4, 0.5) is 5.69 Å². The molecule has 1 heterocycles. The van der Waals surface area contributed by atoms with Crippen LogP contribution in [0.25, 0.3) is 0 Å². The molecule has 1 aliphatic heterocycles. The highest BCUT2D eigenvalue weighted by atomic mass is 16.3. The molecule has 0 radical (unpaired) electrons. The van der Waals surface area contributed by atoms with E-state index in [-0.39, 0.29) is 17.6 Å². The lowest BCUT2D eigenvalue weighted by molar-refractivity contribution is -0.117. The zero-order valence-corrected chi connectivity index (χ0v) is 7.37. The van der Waals surface area contributed by atoms with E-state index in [0.717, 1.165) is 17.7 Å².